The maximum atomic E-state index is 9.03. The third-order valence-electron chi connectivity index (χ3n) is 1.81. The monoisotopic (exact) mass is 174 g/mol. The van der Waals surface area contributed by atoms with Crippen molar-refractivity contribution in [1.29, 1.82) is 0 Å². The quantitative estimate of drug-likeness (QED) is 0.649. The van der Waals surface area contributed by atoms with Crippen LogP contribution in [0.5, 0.6) is 0 Å². The van der Waals surface area contributed by atoms with Crippen LogP contribution in [0.1, 0.15) is 47.5 Å². The zero-order valence-electron chi connectivity index (χ0n) is 8.92. The third kappa shape index (κ3) is 6.62. The molecule has 1 N–H and O–H groups in total. The summed E-state index contributed by atoms with van der Waals surface area (Å²) in [5, 5.41) is 9.03. The molecule has 74 valence electrons. The molecule has 0 rings (SSSR count). The summed E-state index contributed by atoms with van der Waals surface area (Å²) in [4.78, 5) is 0. The molecule has 1 unspecified atom stereocenters. The Labute approximate surface area is 75.9 Å². The lowest BCUT2D eigenvalue weighted by Gasteiger charge is -2.27. The van der Waals surface area contributed by atoms with Crippen molar-refractivity contribution in [2.45, 2.75) is 59.4 Å². The van der Waals surface area contributed by atoms with Crippen LogP contribution < -0.4 is 0 Å². The summed E-state index contributed by atoms with van der Waals surface area (Å²) >= 11 is 0. The van der Waals surface area contributed by atoms with Crippen molar-refractivity contribution in [3.63, 3.8) is 0 Å². The molecule has 0 aliphatic rings. The largest absolute Gasteiger partial charge is 0.368 e. The summed E-state index contributed by atoms with van der Waals surface area (Å²) < 4.78 is 5.34. The first-order valence-corrected chi connectivity index (χ1v) is 4.69. The lowest BCUT2D eigenvalue weighted by atomic mass is 9.97. The highest BCUT2D eigenvalue weighted by Gasteiger charge is 2.20. The van der Waals surface area contributed by atoms with Gasteiger partial charge in [-0.3, -0.25) is 0 Å². The topological polar surface area (TPSA) is 29.5 Å². The van der Waals surface area contributed by atoms with Crippen molar-refractivity contribution in [2.75, 3.05) is 0 Å². The Balaban J connectivity index is 3.71. The highest BCUT2D eigenvalue weighted by molar-refractivity contribution is 4.69. The van der Waals surface area contributed by atoms with E-state index in [9.17, 15) is 0 Å². The number of hydrogen-bond donors (Lipinski definition) is 1. The second-order valence-electron chi connectivity index (χ2n) is 4.41. The van der Waals surface area contributed by atoms with Gasteiger partial charge in [-0.1, -0.05) is 13.8 Å². The van der Waals surface area contributed by atoms with Crippen molar-refractivity contribution in [2.24, 2.45) is 5.92 Å². The van der Waals surface area contributed by atoms with E-state index in [2.05, 4.69) is 13.8 Å². The van der Waals surface area contributed by atoms with Crippen LogP contribution in [0, 0.1) is 5.92 Å². The minimum atomic E-state index is -0.660. The predicted octanol–water partition coefficient (Wildman–Crippen LogP) is 2.56. The Morgan fingerprint density at radius 1 is 1.25 bits per heavy atom. The normalized spacial score (nSPS) is 15.2. The molecule has 0 bridgehead atoms. The number of aliphatic hydroxyl groups is 1. The predicted molar refractivity (Wildman–Crippen MR) is 50.9 cm³/mol. The fraction of sp³-hybridized carbons (Fsp3) is 1.00. The summed E-state index contributed by atoms with van der Waals surface area (Å²) in [6.07, 6.45) is 1.47. The minimum absolute atomic E-state index is 0.196. The lowest BCUT2D eigenvalue weighted by Crippen LogP contribution is -2.29. The van der Waals surface area contributed by atoms with Crippen LogP contribution in [-0.2, 0) is 4.74 Å². The smallest absolute Gasteiger partial charge is 0.152 e. The second kappa shape index (κ2) is 4.83. The Hall–Kier alpha value is -0.0800. The van der Waals surface area contributed by atoms with Crippen molar-refractivity contribution < 1.29 is 9.84 Å². The SMILES string of the molecule is CC(C)CCC(C)(C)OC(C)O. The van der Waals surface area contributed by atoms with Gasteiger partial charge in [0.05, 0.1) is 5.60 Å². The fourth-order valence-electron chi connectivity index (χ4n) is 1.16. The number of hydrogen-bond acceptors (Lipinski definition) is 2. The molecule has 12 heavy (non-hydrogen) atoms. The molecule has 0 saturated heterocycles. The maximum absolute atomic E-state index is 9.03. The first-order chi connectivity index (χ1) is 5.33. The van der Waals surface area contributed by atoms with E-state index in [1.54, 1.807) is 6.92 Å². The highest BCUT2D eigenvalue weighted by atomic mass is 16.6. The van der Waals surface area contributed by atoms with Gasteiger partial charge >= 0.3 is 0 Å². The van der Waals surface area contributed by atoms with Crippen molar-refractivity contribution in [3.8, 4) is 0 Å². The van der Waals surface area contributed by atoms with Gasteiger partial charge < -0.3 is 9.84 Å². The van der Waals surface area contributed by atoms with Gasteiger partial charge in [-0.2, -0.15) is 0 Å². The zero-order chi connectivity index (χ0) is 9.78. The average Bonchev–Trinajstić information content (AvgIpc) is 1.81. The molecule has 0 aliphatic carbocycles. The van der Waals surface area contributed by atoms with Crippen LogP contribution in [0.2, 0.25) is 0 Å². The van der Waals surface area contributed by atoms with Gasteiger partial charge in [0.15, 0.2) is 6.29 Å². The van der Waals surface area contributed by atoms with Gasteiger partial charge in [-0.15, -0.1) is 0 Å². The second-order valence-corrected chi connectivity index (χ2v) is 4.41. The molecule has 0 radical (unpaired) electrons. The van der Waals surface area contributed by atoms with E-state index in [1.165, 1.54) is 0 Å². The number of ether oxygens (including phenoxy) is 1. The first-order valence-electron chi connectivity index (χ1n) is 4.69. The Bertz CT molecular complexity index is 117. The van der Waals surface area contributed by atoms with Crippen molar-refractivity contribution in [3.05, 3.63) is 0 Å². The Morgan fingerprint density at radius 2 is 1.75 bits per heavy atom. The van der Waals surface area contributed by atoms with Gasteiger partial charge in [0.25, 0.3) is 0 Å². The van der Waals surface area contributed by atoms with Crippen LogP contribution in [0.15, 0.2) is 0 Å². The summed E-state index contributed by atoms with van der Waals surface area (Å²) in [6.45, 7) is 10.1. The highest BCUT2D eigenvalue weighted by Crippen LogP contribution is 2.20. The molecule has 0 aliphatic heterocycles. The summed E-state index contributed by atoms with van der Waals surface area (Å²) in [6, 6.07) is 0. The van der Waals surface area contributed by atoms with Crippen molar-refractivity contribution >= 4 is 0 Å². The summed E-state index contributed by atoms with van der Waals surface area (Å²) in [5.74, 6) is 0.696. The molecule has 0 spiro atoms. The third-order valence-corrected chi connectivity index (χ3v) is 1.81. The number of rotatable bonds is 5. The summed E-state index contributed by atoms with van der Waals surface area (Å²) in [7, 11) is 0. The van der Waals surface area contributed by atoms with E-state index in [0.717, 1.165) is 12.8 Å². The van der Waals surface area contributed by atoms with Gasteiger partial charge in [0, 0.05) is 0 Å². The van der Waals surface area contributed by atoms with E-state index in [-0.39, 0.29) is 5.60 Å². The van der Waals surface area contributed by atoms with Crippen LogP contribution in [0.25, 0.3) is 0 Å². The van der Waals surface area contributed by atoms with Crippen LogP contribution in [-0.4, -0.2) is 17.0 Å². The molecule has 0 aromatic rings. The Kier molecular flexibility index (Phi) is 4.80. The molecular formula is C10H22O2. The minimum Gasteiger partial charge on any atom is -0.368 e. The molecule has 2 heteroatoms. The van der Waals surface area contributed by atoms with Gasteiger partial charge in [0.2, 0.25) is 0 Å². The van der Waals surface area contributed by atoms with E-state index in [4.69, 9.17) is 9.84 Å². The maximum Gasteiger partial charge on any atom is 0.152 e. The molecule has 0 aromatic heterocycles. The molecule has 2 nitrogen and oxygen atoms in total. The van der Waals surface area contributed by atoms with Gasteiger partial charge in [0.1, 0.15) is 0 Å². The van der Waals surface area contributed by atoms with E-state index >= 15 is 0 Å². The summed E-state index contributed by atoms with van der Waals surface area (Å²) in [5.41, 5.74) is -0.196. The average molecular weight is 174 g/mol. The standard InChI is InChI=1S/C10H22O2/c1-8(2)6-7-10(4,5)12-9(3)11/h8-9,11H,6-7H2,1-5H3. The van der Waals surface area contributed by atoms with E-state index in [1.807, 2.05) is 13.8 Å². The van der Waals surface area contributed by atoms with E-state index < -0.39 is 6.29 Å². The first kappa shape index (κ1) is 11.9. The molecule has 1 atom stereocenters. The van der Waals surface area contributed by atoms with Crippen LogP contribution in [0.3, 0.4) is 0 Å². The van der Waals surface area contributed by atoms with Gasteiger partial charge in [-0.25, -0.2) is 0 Å². The fourth-order valence-corrected chi connectivity index (χ4v) is 1.16. The molecule has 0 aromatic carbocycles. The lowest BCUT2D eigenvalue weighted by molar-refractivity contribution is -0.165. The molecular weight excluding hydrogens is 152 g/mol. The van der Waals surface area contributed by atoms with E-state index in [0.29, 0.717) is 5.92 Å². The molecule has 0 heterocycles. The molecule has 0 fully saturated rings. The zero-order valence-corrected chi connectivity index (χ0v) is 8.92. The van der Waals surface area contributed by atoms with Gasteiger partial charge in [-0.05, 0) is 39.5 Å². The molecule has 0 saturated carbocycles. The van der Waals surface area contributed by atoms with Crippen LogP contribution >= 0.6 is 0 Å². The van der Waals surface area contributed by atoms with Crippen LogP contribution in [0.4, 0.5) is 0 Å². The van der Waals surface area contributed by atoms with Crippen molar-refractivity contribution in [1.82, 2.24) is 0 Å². The number of aliphatic hydroxyl groups excluding tert-OH is 1. The molecule has 0 amide bonds. The Morgan fingerprint density at radius 3 is 2.08 bits per heavy atom.